The number of hydrogen-bond donors (Lipinski definition) is 1. The Hall–Kier alpha value is -4.73. The Balaban J connectivity index is 2.01. The highest BCUT2D eigenvalue weighted by atomic mass is 16.5. The fourth-order valence-electron chi connectivity index (χ4n) is 4.53. The molecular weight excluding hydrogens is 492 g/mol. The minimum atomic E-state index is -1.03. The van der Waals surface area contributed by atoms with E-state index in [0.29, 0.717) is 28.5 Å². The summed E-state index contributed by atoms with van der Waals surface area (Å²) in [4.78, 5) is 32.6. The molecule has 2 aromatic carbocycles. The predicted octanol–water partition coefficient (Wildman–Crippen LogP) is 3.75. The van der Waals surface area contributed by atoms with E-state index in [1.54, 1.807) is 54.7 Å². The van der Waals surface area contributed by atoms with Gasteiger partial charge in [-0.25, -0.2) is 0 Å². The van der Waals surface area contributed by atoms with Crippen LogP contribution in [0.3, 0.4) is 0 Å². The van der Waals surface area contributed by atoms with Crippen molar-refractivity contribution in [1.82, 2.24) is 9.88 Å². The second-order valence-corrected chi connectivity index (χ2v) is 8.24. The lowest BCUT2D eigenvalue weighted by molar-refractivity contribution is -0.140. The van der Waals surface area contributed by atoms with Crippen molar-refractivity contribution in [3.05, 3.63) is 77.1 Å². The molecule has 1 aliphatic heterocycles. The quantitative estimate of drug-likeness (QED) is 0.256. The first-order valence-corrected chi connectivity index (χ1v) is 11.6. The highest BCUT2D eigenvalue weighted by Gasteiger charge is 2.47. The van der Waals surface area contributed by atoms with E-state index in [0.717, 1.165) is 0 Å². The molecule has 198 valence electrons. The van der Waals surface area contributed by atoms with Crippen LogP contribution in [-0.2, 0) is 16.1 Å². The van der Waals surface area contributed by atoms with E-state index in [4.69, 9.17) is 23.7 Å². The Morgan fingerprint density at radius 2 is 1.45 bits per heavy atom. The van der Waals surface area contributed by atoms with Gasteiger partial charge in [0.05, 0.1) is 59.4 Å². The monoisotopic (exact) mass is 520 g/mol. The Labute approximate surface area is 220 Å². The molecule has 0 aliphatic carbocycles. The van der Waals surface area contributed by atoms with Crippen LogP contribution in [0.15, 0.2) is 60.3 Å². The van der Waals surface area contributed by atoms with Crippen molar-refractivity contribution in [2.45, 2.75) is 12.6 Å². The third-order valence-electron chi connectivity index (χ3n) is 6.27. The second-order valence-electron chi connectivity index (χ2n) is 8.24. The fraction of sp³-hybridized carbons (Fsp3) is 0.250. The second kappa shape index (κ2) is 11.1. The van der Waals surface area contributed by atoms with Crippen LogP contribution in [0.4, 0.5) is 0 Å². The first kappa shape index (κ1) is 26.3. The Morgan fingerprint density at radius 1 is 0.842 bits per heavy atom. The third kappa shape index (κ3) is 4.56. The molecule has 2 heterocycles. The Kier molecular flexibility index (Phi) is 7.71. The number of carbonyl (C=O) groups excluding carboxylic acids is 2. The van der Waals surface area contributed by atoms with E-state index in [1.165, 1.54) is 40.4 Å². The van der Waals surface area contributed by atoms with Gasteiger partial charge >= 0.3 is 0 Å². The molecule has 1 N–H and O–H groups in total. The number of amides is 1. The number of aliphatic hydroxyl groups excluding tert-OH is 1. The van der Waals surface area contributed by atoms with Crippen molar-refractivity contribution < 1.29 is 38.4 Å². The number of aromatic nitrogens is 1. The lowest BCUT2D eigenvalue weighted by atomic mass is 9.94. The average Bonchev–Trinajstić information content (AvgIpc) is 3.20. The van der Waals surface area contributed by atoms with E-state index < -0.39 is 23.5 Å². The summed E-state index contributed by atoms with van der Waals surface area (Å²) >= 11 is 0. The molecule has 1 aliphatic rings. The van der Waals surface area contributed by atoms with Gasteiger partial charge in [-0.05, 0) is 42.0 Å². The van der Waals surface area contributed by atoms with E-state index in [2.05, 4.69) is 4.98 Å². The molecule has 0 bridgehead atoms. The normalized spacial score (nSPS) is 16.3. The summed E-state index contributed by atoms with van der Waals surface area (Å²) in [5.41, 5.74) is 1.00. The number of methoxy groups -OCH3 is 5. The molecule has 0 spiro atoms. The van der Waals surface area contributed by atoms with E-state index in [9.17, 15) is 14.7 Å². The van der Waals surface area contributed by atoms with Gasteiger partial charge < -0.3 is 33.7 Å². The summed E-state index contributed by atoms with van der Waals surface area (Å²) in [5, 5.41) is 11.6. The number of ether oxygens (including phenoxy) is 5. The summed E-state index contributed by atoms with van der Waals surface area (Å²) in [7, 11) is 7.27. The van der Waals surface area contributed by atoms with Gasteiger partial charge in [0, 0.05) is 6.20 Å². The smallest absolute Gasteiger partial charge is 0.296 e. The average molecular weight is 521 g/mol. The van der Waals surface area contributed by atoms with Crippen LogP contribution < -0.4 is 23.7 Å². The fourth-order valence-corrected chi connectivity index (χ4v) is 4.53. The Bertz CT molecular complexity index is 1340. The van der Waals surface area contributed by atoms with Gasteiger partial charge in [0.1, 0.15) is 22.8 Å². The maximum Gasteiger partial charge on any atom is 0.296 e. The topological polar surface area (TPSA) is 117 Å². The Morgan fingerprint density at radius 3 is 1.95 bits per heavy atom. The van der Waals surface area contributed by atoms with Gasteiger partial charge in [0.25, 0.3) is 11.7 Å². The SMILES string of the molecule is COc1cc(C2/C(=C(\O)c3c(OC)cccc3OC)C(=O)C(=O)N2Cc2ccccn2)cc(OC)c1OC. The number of carbonyl (C=O) groups is 2. The van der Waals surface area contributed by atoms with Crippen LogP contribution in [0.5, 0.6) is 28.7 Å². The molecular formula is C28H28N2O8. The zero-order chi connectivity index (χ0) is 27.4. The molecule has 10 heteroatoms. The third-order valence-corrected chi connectivity index (χ3v) is 6.27. The molecule has 1 saturated heterocycles. The van der Waals surface area contributed by atoms with Crippen LogP contribution in [0.2, 0.25) is 0 Å². The largest absolute Gasteiger partial charge is 0.506 e. The van der Waals surface area contributed by atoms with Gasteiger partial charge in [-0.3, -0.25) is 14.6 Å². The van der Waals surface area contributed by atoms with E-state index in [-0.39, 0.29) is 29.2 Å². The van der Waals surface area contributed by atoms with E-state index in [1.807, 2.05) is 0 Å². The first-order chi connectivity index (χ1) is 18.4. The standard InChI is InChI=1S/C28H28N2O8/c1-34-18-10-8-11-19(35-2)22(18)25(31)23-24(16-13-20(36-3)27(38-5)21(14-16)37-4)30(28(33)26(23)32)15-17-9-6-7-12-29-17/h6-14,24,31H,15H2,1-5H3/b25-23+. The zero-order valence-electron chi connectivity index (χ0n) is 21.7. The molecule has 4 rings (SSSR count). The lowest BCUT2D eigenvalue weighted by Gasteiger charge is -2.26. The zero-order valence-corrected chi connectivity index (χ0v) is 21.7. The number of hydrogen-bond acceptors (Lipinski definition) is 9. The summed E-state index contributed by atoms with van der Waals surface area (Å²) < 4.78 is 27.4. The van der Waals surface area contributed by atoms with E-state index >= 15 is 0 Å². The van der Waals surface area contributed by atoms with Gasteiger partial charge in [-0.15, -0.1) is 0 Å². The summed E-state index contributed by atoms with van der Waals surface area (Å²) in [6.45, 7) is 0.00653. The summed E-state index contributed by atoms with van der Waals surface area (Å²) in [6, 6.07) is 12.5. The maximum absolute atomic E-state index is 13.5. The maximum atomic E-state index is 13.5. The lowest BCUT2D eigenvalue weighted by Crippen LogP contribution is -2.29. The number of Topliss-reactive ketones (excluding diaryl/α,β-unsaturated/α-hetero) is 1. The molecule has 38 heavy (non-hydrogen) atoms. The van der Waals surface area contributed by atoms with Crippen LogP contribution in [-0.4, -0.2) is 62.2 Å². The van der Waals surface area contributed by atoms with Crippen LogP contribution in [0.25, 0.3) is 5.76 Å². The summed E-state index contributed by atoms with van der Waals surface area (Å²) in [6.07, 6.45) is 1.60. The minimum absolute atomic E-state index is 0.00653. The molecule has 1 aromatic heterocycles. The van der Waals surface area contributed by atoms with Crippen molar-refractivity contribution in [2.75, 3.05) is 35.5 Å². The van der Waals surface area contributed by atoms with Crippen molar-refractivity contribution in [1.29, 1.82) is 0 Å². The number of ketones is 1. The van der Waals surface area contributed by atoms with Crippen LogP contribution in [0.1, 0.15) is 22.9 Å². The number of likely N-dealkylation sites (tertiary alicyclic amines) is 1. The number of pyridine rings is 1. The molecule has 10 nitrogen and oxygen atoms in total. The highest BCUT2D eigenvalue weighted by Crippen LogP contribution is 2.47. The highest BCUT2D eigenvalue weighted by molar-refractivity contribution is 6.46. The minimum Gasteiger partial charge on any atom is -0.506 e. The molecule has 1 atom stereocenters. The van der Waals surface area contributed by atoms with Crippen molar-refractivity contribution in [3.8, 4) is 28.7 Å². The van der Waals surface area contributed by atoms with Crippen molar-refractivity contribution in [3.63, 3.8) is 0 Å². The van der Waals surface area contributed by atoms with Gasteiger partial charge in [-0.1, -0.05) is 12.1 Å². The number of benzene rings is 2. The molecule has 0 saturated carbocycles. The van der Waals surface area contributed by atoms with Crippen LogP contribution in [0, 0.1) is 0 Å². The van der Waals surface area contributed by atoms with Gasteiger partial charge in [0.2, 0.25) is 5.75 Å². The molecule has 0 radical (unpaired) electrons. The number of rotatable bonds is 9. The first-order valence-electron chi connectivity index (χ1n) is 11.6. The van der Waals surface area contributed by atoms with Crippen molar-refractivity contribution >= 4 is 17.4 Å². The summed E-state index contributed by atoms with van der Waals surface area (Å²) in [5.74, 6) is -0.607. The predicted molar refractivity (Wildman–Crippen MR) is 138 cm³/mol. The van der Waals surface area contributed by atoms with Gasteiger partial charge in [-0.2, -0.15) is 0 Å². The molecule has 1 fully saturated rings. The van der Waals surface area contributed by atoms with Crippen LogP contribution >= 0.6 is 0 Å². The van der Waals surface area contributed by atoms with Crippen molar-refractivity contribution in [2.24, 2.45) is 0 Å². The molecule has 3 aromatic rings. The molecule has 1 amide bonds. The number of aliphatic hydroxyl groups is 1. The number of nitrogens with zero attached hydrogens (tertiary/aromatic N) is 2. The van der Waals surface area contributed by atoms with Gasteiger partial charge in [0.15, 0.2) is 11.5 Å². The molecule has 1 unspecified atom stereocenters.